The fraction of sp³-hybridized carbons (Fsp3) is 0.833. The zero-order valence-electron chi connectivity index (χ0n) is 11.3. The molecule has 0 spiro atoms. The molecule has 1 N–H and O–H groups in total. The minimum atomic E-state index is -0.881. The number of likely N-dealkylation sites (tertiary alicyclic amines) is 1. The summed E-state index contributed by atoms with van der Waals surface area (Å²) >= 11 is 0. The lowest BCUT2D eigenvalue weighted by Crippen LogP contribution is -2.42. The van der Waals surface area contributed by atoms with Gasteiger partial charge in [0.05, 0.1) is 12.5 Å². The Morgan fingerprint density at radius 2 is 2.22 bits per heavy atom. The smallest absolute Gasteiger partial charge is 0.319 e. The van der Waals surface area contributed by atoms with Gasteiger partial charge in [-0.3, -0.25) is 4.79 Å². The van der Waals surface area contributed by atoms with Gasteiger partial charge in [-0.05, 0) is 6.42 Å². The van der Waals surface area contributed by atoms with Gasteiger partial charge in [-0.25, -0.2) is 4.79 Å². The molecule has 6 heteroatoms. The van der Waals surface area contributed by atoms with Crippen molar-refractivity contribution in [2.45, 2.75) is 13.3 Å². The molecule has 0 aromatic rings. The van der Waals surface area contributed by atoms with Crippen molar-refractivity contribution < 1.29 is 19.4 Å². The summed E-state index contributed by atoms with van der Waals surface area (Å²) in [4.78, 5) is 26.1. The van der Waals surface area contributed by atoms with Gasteiger partial charge in [0, 0.05) is 39.7 Å². The Hall–Kier alpha value is -1.30. The quantitative estimate of drug-likeness (QED) is 0.789. The first kappa shape index (κ1) is 14.8. The van der Waals surface area contributed by atoms with Crippen LogP contribution in [0.15, 0.2) is 0 Å². The van der Waals surface area contributed by atoms with Crippen LogP contribution in [0.1, 0.15) is 13.3 Å². The van der Waals surface area contributed by atoms with Crippen molar-refractivity contribution in [1.29, 1.82) is 0 Å². The maximum atomic E-state index is 12.1. The second kappa shape index (κ2) is 6.58. The van der Waals surface area contributed by atoms with E-state index in [1.54, 1.807) is 26.0 Å². The van der Waals surface area contributed by atoms with Crippen LogP contribution in [0, 0.1) is 11.8 Å². The van der Waals surface area contributed by atoms with Crippen LogP contribution in [0.2, 0.25) is 0 Å². The molecule has 0 aliphatic carbocycles. The molecular weight excluding hydrogens is 236 g/mol. The van der Waals surface area contributed by atoms with Crippen LogP contribution in [-0.2, 0) is 9.53 Å². The molecule has 6 nitrogen and oxygen atoms in total. The van der Waals surface area contributed by atoms with E-state index in [4.69, 9.17) is 9.84 Å². The van der Waals surface area contributed by atoms with E-state index in [0.29, 0.717) is 19.1 Å². The van der Waals surface area contributed by atoms with Gasteiger partial charge in [0.2, 0.25) is 0 Å². The van der Waals surface area contributed by atoms with E-state index in [2.05, 4.69) is 0 Å². The zero-order valence-corrected chi connectivity index (χ0v) is 11.3. The zero-order chi connectivity index (χ0) is 13.7. The summed E-state index contributed by atoms with van der Waals surface area (Å²) in [6.07, 6.45) is 0.946. The van der Waals surface area contributed by atoms with E-state index in [1.165, 1.54) is 4.90 Å². The molecule has 1 saturated heterocycles. The van der Waals surface area contributed by atoms with Gasteiger partial charge < -0.3 is 19.6 Å². The standard InChI is InChI=1S/C12H22N2O4/c1-9(11(15)16)6-13(2)12(17)14-5-4-10(7-14)8-18-3/h9-10H,4-8H2,1-3H3,(H,15,16). The summed E-state index contributed by atoms with van der Waals surface area (Å²) in [5.41, 5.74) is 0. The van der Waals surface area contributed by atoms with Crippen LogP contribution in [0.4, 0.5) is 4.79 Å². The largest absolute Gasteiger partial charge is 0.481 e. The molecule has 1 rings (SSSR count). The van der Waals surface area contributed by atoms with Crippen LogP contribution >= 0.6 is 0 Å². The third-order valence-corrected chi connectivity index (χ3v) is 3.25. The summed E-state index contributed by atoms with van der Waals surface area (Å²) in [6.45, 7) is 3.92. The maximum absolute atomic E-state index is 12.1. The fourth-order valence-electron chi connectivity index (χ4n) is 2.19. The lowest BCUT2D eigenvalue weighted by atomic mass is 10.1. The number of amides is 2. The van der Waals surface area contributed by atoms with Gasteiger partial charge in [-0.1, -0.05) is 6.92 Å². The number of carboxylic acids is 1. The molecular formula is C12H22N2O4. The first-order valence-electron chi connectivity index (χ1n) is 6.17. The van der Waals surface area contributed by atoms with E-state index < -0.39 is 11.9 Å². The molecule has 104 valence electrons. The highest BCUT2D eigenvalue weighted by Gasteiger charge is 2.29. The molecule has 1 heterocycles. The predicted molar refractivity (Wildman–Crippen MR) is 66.4 cm³/mol. The van der Waals surface area contributed by atoms with Crippen LogP contribution in [0.3, 0.4) is 0 Å². The second-order valence-corrected chi connectivity index (χ2v) is 4.96. The summed E-state index contributed by atoms with van der Waals surface area (Å²) < 4.78 is 5.08. The molecule has 2 amide bonds. The normalized spacial score (nSPS) is 20.8. The van der Waals surface area contributed by atoms with E-state index >= 15 is 0 Å². The minimum absolute atomic E-state index is 0.0956. The van der Waals surface area contributed by atoms with Crippen molar-refractivity contribution in [3.63, 3.8) is 0 Å². The van der Waals surface area contributed by atoms with Crippen LogP contribution in [0.5, 0.6) is 0 Å². The second-order valence-electron chi connectivity index (χ2n) is 4.96. The third kappa shape index (κ3) is 3.87. The lowest BCUT2D eigenvalue weighted by Gasteiger charge is -2.25. The molecule has 0 radical (unpaired) electrons. The van der Waals surface area contributed by atoms with E-state index in [0.717, 1.165) is 13.0 Å². The number of hydrogen-bond donors (Lipinski definition) is 1. The van der Waals surface area contributed by atoms with Crippen molar-refractivity contribution in [1.82, 2.24) is 9.80 Å². The number of carboxylic acid groups (broad SMARTS) is 1. The predicted octanol–water partition coefficient (Wildman–Crippen LogP) is 0.727. The highest BCUT2D eigenvalue weighted by Crippen LogP contribution is 2.17. The number of urea groups is 1. The highest BCUT2D eigenvalue weighted by atomic mass is 16.5. The summed E-state index contributed by atoms with van der Waals surface area (Å²) in [6, 6.07) is -0.0956. The Bertz CT molecular complexity index is 308. The van der Waals surface area contributed by atoms with E-state index in [1.807, 2.05) is 0 Å². The van der Waals surface area contributed by atoms with Crippen molar-refractivity contribution >= 4 is 12.0 Å². The average molecular weight is 258 g/mol. The van der Waals surface area contributed by atoms with E-state index in [-0.39, 0.29) is 12.6 Å². The number of methoxy groups -OCH3 is 1. The first-order chi connectivity index (χ1) is 8.45. The van der Waals surface area contributed by atoms with Crippen LogP contribution in [-0.4, -0.2) is 67.3 Å². The molecule has 1 fully saturated rings. The fourth-order valence-corrected chi connectivity index (χ4v) is 2.19. The Labute approximate surface area is 107 Å². The average Bonchev–Trinajstić information content (AvgIpc) is 2.76. The van der Waals surface area contributed by atoms with Crippen molar-refractivity contribution in [2.75, 3.05) is 40.4 Å². The van der Waals surface area contributed by atoms with Gasteiger partial charge in [-0.15, -0.1) is 0 Å². The minimum Gasteiger partial charge on any atom is -0.481 e. The van der Waals surface area contributed by atoms with Crippen molar-refractivity contribution in [3.8, 4) is 0 Å². The number of carbonyl (C=O) groups excluding carboxylic acids is 1. The molecule has 0 bridgehead atoms. The van der Waals surface area contributed by atoms with Gasteiger partial charge in [-0.2, -0.15) is 0 Å². The molecule has 1 aliphatic heterocycles. The molecule has 0 aromatic heterocycles. The van der Waals surface area contributed by atoms with Crippen molar-refractivity contribution in [3.05, 3.63) is 0 Å². The molecule has 2 unspecified atom stereocenters. The number of rotatable bonds is 5. The number of ether oxygens (including phenoxy) is 1. The monoisotopic (exact) mass is 258 g/mol. The maximum Gasteiger partial charge on any atom is 0.319 e. The Morgan fingerprint density at radius 3 is 2.78 bits per heavy atom. The summed E-state index contributed by atoms with van der Waals surface area (Å²) in [5.74, 6) is -1.03. The number of aliphatic carboxylic acids is 1. The summed E-state index contributed by atoms with van der Waals surface area (Å²) in [5, 5.41) is 8.82. The SMILES string of the molecule is COCC1CCN(C(=O)N(C)CC(C)C(=O)O)C1. The number of carbonyl (C=O) groups is 2. The van der Waals surface area contributed by atoms with Gasteiger partial charge in [0.15, 0.2) is 0 Å². The Balaban J connectivity index is 2.42. The van der Waals surface area contributed by atoms with Crippen LogP contribution in [0.25, 0.3) is 0 Å². The van der Waals surface area contributed by atoms with Gasteiger partial charge in [0.25, 0.3) is 0 Å². The van der Waals surface area contributed by atoms with E-state index in [9.17, 15) is 9.59 Å². The molecule has 2 atom stereocenters. The van der Waals surface area contributed by atoms with Crippen molar-refractivity contribution in [2.24, 2.45) is 11.8 Å². The molecule has 1 aliphatic rings. The number of nitrogens with zero attached hydrogens (tertiary/aromatic N) is 2. The summed E-state index contributed by atoms with van der Waals surface area (Å²) in [7, 11) is 3.30. The highest BCUT2D eigenvalue weighted by molar-refractivity contribution is 5.76. The third-order valence-electron chi connectivity index (χ3n) is 3.25. The van der Waals surface area contributed by atoms with Gasteiger partial charge in [0.1, 0.15) is 0 Å². The lowest BCUT2D eigenvalue weighted by molar-refractivity contribution is -0.141. The molecule has 0 aromatic carbocycles. The molecule has 0 saturated carbocycles. The topological polar surface area (TPSA) is 70.1 Å². The number of hydrogen-bond acceptors (Lipinski definition) is 3. The Morgan fingerprint density at radius 1 is 1.56 bits per heavy atom. The first-order valence-corrected chi connectivity index (χ1v) is 6.17. The van der Waals surface area contributed by atoms with Gasteiger partial charge >= 0.3 is 12.0 Å². The molecule has 18 heavy (non-hydrogen) atoms. The van der Waals surface area contributed by atoms with Crippen LogP contribution < -0.4 is 0 Å². The Kier molecular flexibility index (Phi) is 5.40.